The van der Waals surface area contributed by atoms with Gasteiger partial charge in [0, 0.05) is 18.4 Å². The second-order valence-corrected chi connectivity index (χ2v) is 5.72. The monoisotopic (exact) mass is 346 g/mol. The lowest BCUT2D eigenvalue weighted by Crippen LogP contribution is -2.42. The number of para-hydroxylation sites is 1. The Balaban J connectivity index is 1.82. The van der Waals surface area contributed by atoms with Gasteiger partial charge in [-0.15, -0.1) is 0 Å². The molecule has 1 aromatic carbocycles. The molecule has 0 aliphatic heterocycles. The van der Waals surface area contributed by atoms with E-state index in [1.54, 1.807) is 6.07 Å². The first kappa shape index (κ1) is 18.4. The molecule has 0 saturated carbocycles. The van der Waals surface area contributed by atoms with Crippen molar-refractivity contribution < 1.29 is 19.5 Å². The lowest BCUT2D eigenvalue weighted by molar-refractivity contribution is -0.142. The molecule has 2 aromatic rings. The molecule has 0 fully saturated rings. The molecule has 0 bridgehead atoms. The number of benzene rings is 1. The molecule has 0 saturated heterocycles. The first-order valence-electron chi connectivity index (χ1n) is 8.26. The molecule has 0 aliphatic rings. The molecule has 25 heavy (non-hydrogen) atoms. The minimum absolute atomic E-state index is 0.00397. The molecule has 2 rings (SSSR count). The lowest BCUT2D eigenvalue weighted by atomic mass is 10.1. The highest BCUT2D eigenvalue weighted by Gasteiger charge is 2.19. The van der Waals surface area contributed by atoms with E-state index < -0.39 is 17.9 Å². The highest BCUT2D eigenvalue weighted by Crippen LogP contribution is 2.14. The van der Waals surface area contributed by atoms with Crippen molar-refractivity contribution in [2.75, 3.05) is 6.54 Å². The third-order valence-corrected chi connectivity index (χ3v) is 3.80. The van der Waals surface area contributed by atoms with Gasteiger partial charge >= 0.3 is 5.97 Å². The average molecular weight is 346 g/mol. The van der Waals surface area contributed by atoms with E-state index in [1.165, 1.54) is 0 Å². The van der Waals surface area contributed by atoms with Crippen LogP contribution in [-0.4, -0.2) is 45.7 Å². The molecule has 0 aliphatic carbocycles. The number of aromatic amines is 1. The number of carboxylic acids is 1. The number of nitrogens with zero attached hydrogens (tertiary/aromatic N) is 1. The number of fused-ring (bicyclic) bond motifs is 1. The number of hydrogen-bond donors (Lipinski definition) is 4. The number of H-pyrrole nitrogens is 1. The van der Waals surface area contributed by atoms with Crippen LogP contribution in [0.15, 0.2) is 24.3 Å². The maximum absolute atomic E-state index is 12.2. The van der Waals surface area contributed by atoms with Crippen molar-refractivity contribution in [3.63, 3.8) is 0 Å². The molecular formula is C17H22N4O4. The van der Waals surface area contributed by atoms with E-state index in [1.807, 2.05) is 25.1 Å². The summed E-state index contributed by atoms with van der Waals surface area (Å²) < 4.78 is 0. The SMILES string of the molecule is CCCCC(NC(=O)CCNC(=O)c1n[nH]c2ccccc12)C(=O)O. The molecule has 1 unspecified atom stereocenters. The normalized spacial score (nSPS) is 11.9. The largest absolute Gasteiger partial charge is 0.480 e. The number of carbonyl (C=O) groups is 3. The fourth-order valence-corrected chi connectivity index (χ4v) is 2.44. The van der Waals surface area contributed by atoms with Crippen molar-refractivity contribution in [3.8, 4) is 0 Å². The smallest absolute Gasteiger partial charge is 0.326 e. The Hall–Kier alpha value is -2.90. The van der Waals surface area contributed by atoms with E-state index in [-0.39, 0.29) is 24.6 Å². The van der Waals surface area contributed by atoms with Crippen LogP contribution in [0.4, 0.5) is 0 Å². The maximum atomic E-state index is 12.2. The van der Waals surface area contributed by atoms with Gasteiger partial charge in [-0.05, 0) is 12.5 Å². The van der Waals surface area contributed by atoms with Crippen LogP contribution >= 0.6 is 0 Å². The molecule has 8 heteroatoms. The molecule has 1 atom stereocenters. The van der Waals surface area contributed by atoms with Crippen molar-refractivity contribution in [1.82, 2.24) is 20.8 Å². The molecule has 8 nitrogen and oxygen atoms in total. The summed E-state index contributed by atoms with van der Waals surface area (Å²) in [5, 5.41) is 21.7. The van der Waals surface area contributed by atoms with E-state index >= 15 is 0 Å². The summed E-state index contributed by atoms with van der Waals surface area (Å²) in [6, 6.07) is 6.35. The summed E-state index contributed by atoms with van der Waals surface area (Å²) in [5.74, 6) is -1.84. The Kier molecular flexibility index (Phi) is 6.50. The van der Waals surface area contributed by atoms with E-state index in [0.29, 0.717) is 11.8 Å². The number of rotatable bonds is 9. The van der Waals surface area contributed by atoms with Crippen molar-refractivity contribution in [2.45, 2.75) is 38.6 Å². The maximum Gasteiger partial charge on any atom is 0.326 e. The summed E-state index contributed by atoms with van der Waals surface area (Å²) >= 11 is 0. The van der Waals surface area contributed by atoms with Crippen molar-refractivity contribution >= 4 is 28.7 Å². The van der Waals surface area contributed by atoms with Gasteiger partial charge in [0.15, 0.2) is 5.69 Å². The summed E-state index contributed by atoms with van der Waals surface area (Å²) in [5.41, 5.74) is 1.02. The van der Waals surface area contributed by atoms with Crippen LogP contribution < -0.4 is 10.6 Å². The minimum atomic E-state index is -1.05. The number of carboxylic acid groups (broad SMARTS) is 1. The first-order valence-corrected chi connectivity index (χ1v) is 8.26. The van der Waals surface area contributed by atoms with Gasteiger partial charge in [-0.2, -0.15) is 5.10 Å². The van der Waals surface area contributed by atoms with Crippen molar-refractivity contribution in [3.05, 3.63) is 30.0 Å². The fourth-order valence-electron chi connectivity index (χ4n) is 2.44. The third kappa shape index (κ3) is 5.03. The Bertz CT molecular complexity index is 756. The Labute approximate surface area is 145 Å². The summed E-state index contributed by atoms with van der Waals surface area (Å²) in [6.07, 6.45) is 1.97. The van der Waals surface area contributed by atoms with E-state index in [9.17, 15) is 14.4 Å². The number of aromatic nitrogens is 2. The predicted molar refractivity (Wildman–Crippen MR) is 92.1 cm³/mol. The van der Waals surface area contributed by atoms with Gasteiger partial charge in [-0.25, -0.2) is 4.79 Å². The predicted octanol–water partition coefficient (Wildman–Crippen LogP) is 1.44. The van der Waals surface area contributed by atoms with Gasteiger partial charge in [0.05, 0.1) is 5.52 Å². The zero-order valence-electron chi connectivity index (χ0n) is 14.0. The third-order valence-electron chi connectivity index (χ3n) is 3.80. The average Bonchev–Trinajstić information content (AvgIpc) is 3.02. The topological polar surface area (TPSA) is 124 Å². The van der Waals surface area contributed by atoms with Crippen LogP contribution in [0.3, 0.4) is 0 Å². The summed E-state index contributed by atoms with van der Waals surface area (Å²) in [7, 11) is 0. The molecule has 1 aromatic heterocycles. The minimum Gasteiger partial charge on any atom is -0.480 e. The standard InChI is InChI=1S/C17H22N4O4/c1-2-3-7-13(17(24)25)19-14(22)9-10-18-16(23)15-11-6-4-5-8-12(11)20-21-15/h4-6,8,13H,2-3,7,9-10H2,1H3,(H,18,23)(H,19,22)(H,20,21)(H,24,25). The Morgan fingerprint density at radius 3 is 2.76 bits per heavy atom. The van der Waals surface area contributed by atoms with Crippen LogP contribution in [0.2, 0.25) is 0 Å². The molecular weight excluding hydrogens is 324 g/mol. The molecule has 134 valence electrons. The number of carbonyl (C=O) groups excluding carboxylic acids is 2. The van der Waals surface area contributed by atoms with Gasteiger partial charge in [0.1, 0.15) is 6.04 Å². The van der Waals surface area contributed by atoms with Gasteiger partial charge in [-0.1, -0.05) is 38.0 Å². The number of unbranched alkanes of at least 4 members (excludes halogenated alkanes) is 1. The van der Waals surface area contributed by atoms with Crippen molar-refractivity contribution in [2.24, 2.45) is 0 Å². The van der Waals surface area contributed by atoms with E-state index in [0.717, 1.165) is 18.4 Å². The zero-order chi connectivity index (χ0) is 18.2. The highest BCUT2D eigenvalue weighted by atomic mass is 16.4. The van der Waals surface area contributed by atoms with Crippen LogP contribution in [-0.2, 0) is 9.59 Å². The summed E-state index contributed by atoms with van der Waals surface area (Å²) in [6.45, 7) is 2.06. The number of nitrogens with one attached hydrogen (secondary N) is 3. The molecule has 0 radical (unpaired) electrons. The number of aliphatic carboxylic acids is 1. The van der Waals surface area contributed by atoms with Crippen LogP contribution in [0, 0.1) is 0 Å². The lowest BCUT2D eigenvalue weighted by Gasteiger charge is -2.14. The van der Waals surface area contributed by atoms with Crippen molar-refractivity contribution in [1.29, 1.82) is 0 Å². The van der Waals surface area contributed by atoms with E-state index in [4.69, 9.17) is 5.11 Å². The Morgan fingerprint density at radius 2 is 2.04 bits per heavy atom. The number of amides is 2. The zero-order valence-corrected chi connectivity index (χ0v) is 14.0. The molecule has 4 N–H and O–H groups in total. The molecule has 1 heterocycles. The Morgan fingerprint density at radius 1 is 1.28 bits per heavy atom. The second-order valence-electron chi connectivity index (χ2n) is 5.72. The van der Waals surface area contributed by atoms with Crippen LogP contribution in [0.5, 0.6) is 0 Å². The van der Waals surface area contributed by atoms with Crippen LogP contribution in [0.25, 0.3) is 10.9 Å². The van der Waals surface area contributed by atoms with Gasteiger partial charge in [0.25, 0.3) is 5.91 Å². The number of hydrogen-bond acceptors (Lipinski definition) is 4. The van der Waals surface area contributed by atoms with E-state index in [2.05, 4.69) is 20.8 Å². The highest BCUT2D eigenvalue weighted by molar-refractivity contribution is 6.04. The first-order chi connectivity index (χ1) is 12.0. The quantitative estimate of drug-likeness (QED) is 0.547. The van der Waals surface area contributed by atoms with Crippen LogP contribution in [0.1, 0.15) is 43.1 Å². The molecule has 2 amide bonds. The second kappa shape index (κ2) is 8.81. The molecule has 0 spiro atoms. The summed E-state index contributed by atoms with van der Waals surface area (Å²) in [4.78, 5) is 35.1. The van der Waals surface area contributed by atoms with Gasteiger partial charge in [0.2, 0.25) is 5.91 Å². The fraction of sp³-hybridized carbons (Fsp3) is 0.412. The van der Waals surface area contributed by atoms with Gasteiger partial charge < -0.3 is 15.7 Å². The van der Waals surface area contributed by atoms with Gasteiger partial charge in [-0.3, -0.25) is 14.7 Å².